The molecule has 1 aromatic rings. The minimum atomic E-state index is 0.625. The molecular weight excluding hydrogens is 376 g/mol. The van der Waals surface area contributed by atoms with Gasteiger partial charge < -0.3 is 0 Å². The zero-order valence-corrected chi connectivity index (χ0v) is 21.9. The Hall–Kier alpha value is -0.790. The van der Waals surface area contributed by atoms with E-state index in [-0.39, 0.29) is 0 Å². The van der Waals surface area contributed by atoms with Crippen LogP contribution in [0.5, 0.6) is 0 Å². The predicted octanol–water partition coefficient (Wildman–Crippen LogP) is 9.81. The van der Waals surface area contributed by atoms with Gasteiger partial charge in [-0.15, -0.1) is 0 Å². The topological polar surface area (TPSA) is 19.7 Å². The monoisotopic (exact) mass is 433 g/mol. The number of hydrogen-bond donors (Lipinski definition) is 1. The molecule has 2 nitrogen and oxygen atoms in total. The number of aromatic nitrogens is 2. The number of imidazole rings is 1. The maximum Gasteiger partial charge on any atom is 0.257 e. The first-order valence-corrected chi connectivity index (χ1v) is 14.3. The van der Waals surface area contributed by atoms with E-state index in [1.165, 1.54) is 134 Å². The molecule has 0 aliphatic heterocycles. The molecule has 2 atom stereocenters. The molecule has 0 saturated carbocycles. The molecular formula is C29H57N2+. The first-order valence-electron chi connectivity index (χ1n) is 14.3. The van der Waals surface area contributed by atoms with E-state index in [0.29, 0.717) is 12.0 Å². The molecule has 0 aromatic carbocycles. The Balaban J connectivity index is 2.47. The summed E-state index contributed by atoms with van der Waals surface area (Å²) >= 11 is 0. The van der Waals surface area contributed by atoms with Crippen molar-refractivity contribution in [3.8, 4) is 0 Å². The van der Waals surface area contributed by atoms with Gasteiger partial charge in [-0.25, -0.2) is 9.55 Å². The second-order valence-electron chi connectivity index (χ2n) is 10.1. The van der Waals surface area contributed by atoms with Crippen LogP contribution in [0.15, 0.2) is 12.4 Å². The quantitative estimate of drug-likeness (QED) is 0.139. The van der Waals surface area contributed by atoms with Crippen LogP contribution in [0.3, 0.4) is 0 Å². The molecule has 1 aromatic heterocycles. The van der Waals surface area contributed by atoms with Crippen molar-refractivity contribution < 1.29 is 4.57 Å². The van der Waals surface area contributed by atoms with Gasteiger partial charge in [-0.05, 0) is 32.6 Å². The fraction of sp³-hybridized carbons (Fsp3) is 0.897. The number of H-pyrrole nitrogens is 1. The fourth-order valence-corrected chi connectivity index (χ4v) is 5.01. The molecule has 0 bridgehead atoms. The highest BCUT2D eigenvalue weighted by Crippen LogP contribution is 2.27. The molecule has 0 radical (unpaired) electrons. The van der Waals surface area contributed by atoms with Crippen LogP contribution in [0, 0.1) is 0 Å². The van der Waals surface area contributed by atoms with Crippen molar-refractivity contribution in [1.29, 1.82) is 0 Å². The van der Waals surface area contributed by atoms with Crippen molar-refractivity contribution in [2.75, 3.05) is 0 Å². The summed E-state index contributed by atoms with van der Waals surface area (Å²) in [4.78, 5) is 3.67. The average molecular weight is 434 g/mol. The summed E-state index contributed by atoms with van der Waals surface area (Å²) in [7, 11) is 0. The zero-order chi connectivity index (χ0) is 22.6. The van der Waals surface area contributed by atoms with Crippen LogP contribution in [0.25, 0.3) is 0 Å². The summed E-state index contributed by atoms with van der Waals surface area (Å²) in [6, 6.07) is 0.625. The maximum absolute atomic E-state index is 3.67. The SMILES string of the molecule is CCCCCCCCCCC(CCCCC)c1[nH]cc[n+]1C(C)CCCCCCCC. The number of aromatic amines is 1. The van der Waals surface area contributed by atoms with Gasteiger partial charge in [0.1, 0.15) is 12.4 Å². The average Bonchev–Trinajstić information content (AvgIpc) is 3.26. The number of nitrogens with one attached hydrogen (secondary N) is 1. The van der Waals surface area contributed by atoms with Crippen molar-refractivity contribution in [1.82, 2.24) is 4.98 Å². The number of rotatable bonds is 22. The van der Waals surface area contributed by atoms with E-state index in [1.54, 1.807) is 0 Å². The van der Waals surface area contributed by atoms with E-state index in [0.717, 1.165) is 0 Å². The van der Waals surface area contributed by atoms with E-state index in [1.807, 2.05) is 0 Å². The van der Waals surface area contributed by atoms with Gasteiger partial charge in [0, 0.05) is 0 Å². The molecule has 1 heterocycles. The highest BCUT2D eigenvalue weighted by Gasteiger charge is 2.25. The van der Waals surface area contributed by atoms with Crippen molar-refractivity contribution in [2.45, 2.75) is 168 Å². The van der Waals surface area contributed by atoms with Crippen LogP contribution < -0.4 is 4.57 Å². The maximum atomic E-state index is 3.67. The van der Waals surface area contributed by atoms with E-state index in [4.69, 9.17) is 0 Å². The Labute approximate surface area is 196 Å². The first-order chi connectivity index (χ1) is 15.2. The van der Waals surface area contributed by atoms with Crippen molar-refractivity contribution >= 4 is 0 Å². The number of nitrogens with zero attached hydrogens (tertiary/aromatic N) is 1. The highest BCUT2D eigenvalue weighted by molar-refractivity contribution is 4.90. The zero-order valence-electron chi connectivity index (χ0n) is 21.9. The van der Waals surface area contributed by atoms with Gasteiger partial charge >= 0.3 is 0 Å². The van der Waals surface area contributed by atoms with E-state index in [2.05, 4.69) is 49.6 Å². The largest absolute Gasteiger partial charge is 0.257 e. The Morgan fingerprint density at radius 2 is 1.03 bits per heavy atom. The number of unbranched alkanes of at least 4 members (excludes halogenated alkanes) is 14. The summed E-state index contributed by atoms with van der Waals surface area (Å²) in [6.45, 7) is 9.37. The third-order valence-corrected chi connectivity index (χ3v) is 7.14. The smallest absolute Gasteiger partial charge is 0.247 e. The van der Waals surface area contributed by atoms with Crippen molar-refractivity contribution in [2.24, 2.45) is 0 Å². The molecule has 0 aliphatic carbocycles. The van der Waals surface area contributed by atoms with Crippen LogP contribution in [-0.2, 0) is 0 Å². The Bertz CT molecular complexity index is 493. The summed E-state index contributed by atoms with van der Waals surface area (Å²) < 4.78 is 2.59. The Kier molecular flexibility index (Phi) is 18.1. The van der Waals surface area contributed by atoms with E-state index >= 15 is 0 Å². The normalized spacial score (nSPS) is 13.5. The fourth-order valence-electron chi connectivity index (χ4n) is 5.01. The molecule has 1 N–H and O–H groups in total. The second kappa shape index (κ2) is 19.9. The van der Waals surface area contributed by atoms with Crippen LogP contribution in [0.4, 0.5) is 0 Å². The van der Waals surface area contributed by atoms with E-state index < -0.39 is 0 Å². The molecule has 182 valence electrons. The third-order valence-electron chi connectivity index (χ3n) is 7.14. The lowest BCUT2D eigenvalue weighted by molar-refractivity contribution is -0.727. The molecule has 0 amide bonds. The lowest BCUT2D eigenvalue weighted by atomic mass is 9.93. The standard InChI is InChI=1S/C29H56N2/c1-5-8-11-13-15-16-18-21-24-28(23-19-10-7-3)29-30-25-26-31(29)27(4)22-20-17-14-12-9-6-2/h25-28H,5-24H2,1-4H3/p+1. The van der Waals surface area contributed by atoms with E-state index in [9.17, 15) is 0 Å². The van der Waals surface area contributed by atoms with Gasteiger partial charge in [-0.2, -0.15) is 0 Å². The molecule has 0 aliphatic rings. The molecule has 2 unspecified atom stereocenters. The van der Waals surface area contributed by atoms with Crippen LogP contribution in [0.1, 0.15) is 174 Å². The Morgan fingerprint density at radius 3 is 1.58 bits per heavy atom. The molecule has 31 heavy (non-hydrogen) atoms. The van der Waals surface area contributed by atoms with Gasteiger partial charge in [0.15, 0.2) is 0 Å². The Morgan fingerprint density at radius 1 is 0.613 bits per heavy atom. The molecule has 0 fully saturated rings. The summed E-state index contributed by atoms with van der Waals surface area (Å²) in [5.41, 5.74) is 0. The first kappa shape index (κ1) is 28.2. The second-order valence-corrected chi connectivity index (χ2v) is 10.1. The predicted molar refractivity (Wildman–Crippen MR) is 138 cm³/mol. The third kappa shape index (κ3) is 13.4. The summed E-state index contributed by atoms with van der Waals surface area (Å²) in [6.07, 6.45) is 32.4. The van der Waals surface area contributed by atoms with Crippen LogP contribution in [-0.4, -0.2) is 4.98 Å². The highest BCUT2D eigenvalue weighted by atomic mass is 15.1. The van der Waals surface area contributed by atoms with Gasteiger partial charge in [0.2, 0.25) is 0 Å². The molecule has 2 heteroatoms. The van der Waals surface area contributed by atoms with Crippen molar-refractivity contribution in [3.05, 3.63) is 18.2 Å². The number of hydrogen-bond acceptors (Lipinski definition) is 0. The van der Waals surface area contributed by atoms with Gasteiger partial charge in [0.25, 0.3) is 5.82 Å². The lowest BCUT2D eigenvalue weighted by Gasteiger charge is -2.17. The van der Waals surface area contributed by atoms with Gasteiger partial charge in [-0.1, -0.05) is 124 Å². The van der Waals surface area contributed by atoms with Gasteiger partial charge in [-0.3, -0.25) is 0 Å². The molecule has 0 saturated heterocycles. The minimum Gasteiger partial charge on any atom is -0.247 e. The molecule has 0 spiro atoms. The van der Waals surface area contributed by atoms with Crippen molar-refractivity contribution in [3.63, 3.8) is 0 Å². The van der Waals surface area contributed by atoms with Gasteiger partial charge in [0.05, 0.1) is 12.0 Å². The lowest BCUT2D eigenvalue weighted by Crippen LogP contribution is -2.41. The van der Waals surface area contributed by atoms with Crippen LogP contribution in [0.2, 0.25) is 0 Å². The minimum absolute atomic E-state index is 0.625. The molecule has 1 rings (SSSR count). The summed E-state index contributed by atoms with van der Waals surface area (Å²) in [5.74, 6) is 2.23. The van der Waals surface area contributed by atoms with Crippen LogP contribution >= 0.6 is 0 Å². The summed E-state index contributed by atoms with van der Waals surface area (Å²) in [5, 5.41) is 0.